The highest BCUT2D eigenvalue weighted by molar-refractivity contribution is 7.80. The molecule has 0 bridgehead atoms. The fourth-order valence-electron chi connectivity index (χ4n) is 4.23. The average molecular weight is 635 g/mol. The van der Waals surface area contributed by atoms with Crippen LogP contribution in [-0.4, -0.2) is 62.6 Å². The Morgan fingerprint density at radius 1 is 1.14 bits per heavy atom. The highest BCUT2D eigenvalue weighted by Crippen LogP contribution is 2.39. The summed E-state index contributed by atoms with van der Waals surface area (Å²) in [5, 5.41) is 18.8. The number of para-hydroxylation sites is 1. The second-order valence-electron chi connectivity index (χ2n) is 9.57. The van der Waals surface area contributed by atoms with Gasteiger partial charge >= 0.3 is 6.09 Å². The Balaban J connectivity index is 1.23. The van der Waals surface area contributed by atoms with Gasteiger partial charge in [-0.05, 0) is 36.5 Å². The zero-order chi connectivity index (χ0) is 31.2. The van der Waals surface area contributed by atoms with E-state index in [0.29, 0.717) is 41.4 Å². The number of hydrogen-bond acceptors (Lipinski definition) is 8. The first-order chi connectivity index (χ1) is 21.2. The van der Waals surface area contributed by atoms with Crippen LogP contribution < -0.4 is 20.1 Å². The molecule has 5 rings (SSSR count). The van der Waals surface area contributed by atoms with Gasteiger partial charge in [0.1, 0.15) is 11.5 Å². The third-order valence-corrected chi connectivity index (χ3v) is 7.88. The fraction of sp³-hybridized carbons (Fsp3) is 0.167. The number of benzene rings is 2. The van der Waals surface area contributed by atoms with E-state index in [-0.39, 0.29) is 23.2 Å². The largest absolute Gasteiger partial charge is 0.496 e. The number of aromatic nitrogens is 3. The molecule has 0 aliphatic carbocycles. The molecule has 2 amide bonds. The molecule has 0 aliphatic heterocycles. The number of methoxy groups -OCH3 is 1. The summed E-state index contributed by atoms with van der Waals surface area (Å²) in [5.41, 5.74) is 2.56. The van der Waals surface area contributed by atoms with Crippen molar-refractivity contribution in [2.45, 2.75) is 13.0 Å². The molecule has 2 aromatic carbocycles. The summed E-state index contributed by atoms with van der Waals surface area (Å²) in [4.78, 5) is 30.0. The van der Waals surface area contributed by atoms with E-state index < -0.39 is 11.9 Å². The molecule has 0 atom stereocenters. The Labute approximate surface area is 260 Å². The minimum absolute atomic E-state index is 0.000466. The smallest absolute Gasteiger partial charge is 0.407 e. The third kappa shape index (κ3) is 7.27. The molecule has 0 fully saturated rings. The number of thiocarbonyl (C=S) groups is 1. The van der Waals surface area contributed by atoms with Crippen LogP contribution in [0.5, 0.6) is 17.2 Å². The normalized spacial score (nSPS) is 10.8. The van der Waals surface area contributed by atoms with E-state index in [1.54, 1.807) is 41.3 Å². The van der Waals surface area contributed by atoms with Crippen LogP contribution in [0.15, 0.2) is 73.2 Å². The van der Waals surface area contributed by atoms with Crippen LogP contribution >= 0.6 is 23.6 Å². The van der Waals surface area contributed by atoms with Crippen molar-refractivity contribution >= 4 is 56.6 Å². The zero-order valence-corrected chi connectivity index (χ0v) is 25.2. The molecular weight excluding hydrogens is 607 g/mol. The number of anilines is 1. The fourth-order valence-corrected chi connectivity index (χ4v) is 5.51. The van der Waals surface area contributed by atoms with E-state index in [0.717, 1.165) is 15.1 Å². The molecule has 3 heterocycles. The van der Waals surface area contributed by atoms with Crippen molar-refractivity contribution in [1.29, 1.82) is 0 Å². The van der Waals surface area contributed by atoms with Crippen molar-refractivity contribution in [3.8, 4) is 27.7 Å². The van der Waals surface area contributed by atoms with E-state index >= 15 is 4.39 Å². The molecule has 0 unspecified atom stereocenters. The highest BCUT2D eigenvalue weighted by atomic mass is 32.1. The van der Waals surface area contributed by atoms with E-state index in [1.165, 1.54) is 42.5 Å². The number of carboxylic acid groups (broad SMARTS) is 1. The first-order valence-corrected chi connectivity index (χ1v) is 14.5. The van der Waals surface area contributed by atoms with Crippen molar-refractivity contribution in [3.63, 3.8) is 0 Å². The first kappa shape index (κ1) is 30.4. The molecule has 0 spiro atoms. The number of rotatable bonds is 10. The van der Waals surface area contributed by atoms with Gasteiger partial charge in [-0.25, -0.2) is 9.18 Å². The van der Waals surface area contributed by atoms with Crippen LogP contribution in [0.1, 0.15) is 5.56 Å². The van der Waals surface area contributed by atoms with Crippen LogP contribution in [0, 0.1) is 5.82 Å². The maximum absolute atomic E-state index is 15.1. The molecule has 226 valence electrons. The number of hydrogen-bond donors (Lipinski definition) is 3. The van der Waals surface area contributed by atoms with Crippen molar-refractivity contribution in [2.75, 3.05) is 26.0 Å². The molecule has 3 aromatic heterocycles. The van der Waals surface area contributed by atoms with E-state index in [4.69, 9.17) is 26.8 Å². The Bertz CT molecular complexity index is 1840. The van der Waals surface area contributed by atoms with Gasteiger partial charge in [0.05, 0.1) is 36.5 Å². The molecule has 5 aromatic rings. The van der Waals surface area contributed by atoms with Crippen molar-refractivity contribution in [3.05, 3.63) is 84.6 Å². The molecule has 14 heteroatoms. The molecule has 3 N–H and O–H groups in total. The van der Waals surface area contributed by atoms with Gasteiger partial charge in [0.2, 0.25) is 5.91 Å². The number of halogens is 1. The zero-order valence-electron chi connectivity index (χ0n) is 23.6. The van der Waals surface area contributed by atoms with Gasteiger partial charge in [-0.1, -0.05) is 18.2 Å². The second-order valence-corrected chi connectivity index (χ2v) is 11.0. The summed E-state index contributed by atoms with van der Waals surface area (Å²) >= 11 is 6.66. The number of nitrogens with zero attached hydrogens (tertiary/aromatic N) is 4. The highest BCUT2D eigenvalue weighted by Gasteiger charge is 2.15. The summed E-state index contributed by atoms with van der Waals surface area (Å²) in [5.74, 6) is 0.0498. The van der Waals surface area contributed by atoms with Crippen LogP contribution in [0.25, 0.3) is 20.7 Å². The number of pyridine rings is 1. The van der Waals surface area contributed by atoms with Crippen molar-refractivity contribution in [2.24, 2.45) is 0 Å². The topological polar surface area (TPSA) is 131 Å². The molecule has 0 saturated heterocycles. The summed E-state index contributed by atoms with van der Waals surface area (Å²) < 4.78 is 28.7. The van der Waals surface area contributed by atoms with Crippen LogP contribution in [0.3, 0.4) is 0 Å². The van der Waals surface area contributed by atoms with Gasteiger partial charge in [0.25, 0.3) is 0 Å². The van der Waals surface area contributed by atoms with Crippen LogP contribution in [0.2, 0.25) is 0 Å². The maximum atomic E-state index is 15.1. The quantitative estimate of drug-likeness (QED) is 0.164. The SMILES string of the molecule is COc1ccccc1CC(=O)NC(=S)Nc1ccc(Oc2ccnc3cc(-c4cnn(CCN(C)C(=O)O)c4)sc23)c(F)c1. The summed E-state index contributed by atoms with van der Waals surface area (Å²) in [7, 11) is 3.03. The van der Waals surface area contributed by atoms with Crippen molar-refractivity contribution < 1.29 is 28.6 Å². The molecule has 0 saturated carbocycles. The van der Waals surface area contributed by atoms with Crippen molar-refractivity contribution in [1.82, 2.24) is 25.0 Å². The van der Waals surface area contributed by atoms with Crippen LogP contribution in [-0.2, 0) is 17.8 Å². The predicted molar refractivity (Wildman–Crippen MR) is 169 cm³/mol. The second kappa shape index (κ2) is 13.5. The van der Waals surface area contributed by atoms with Gasteiger partial charge in [0.15, 0.2) is 16.7 Å². The lowest BCUT2D eigenvalue weighted by atomic mass is 10.1. The molecular formula is C30H27FN6O5S2. The summed E-state index contributed by atoms with van der Waals surface area (Å²) in [6.45, 7) is 0.705. The summed E-state index contributed by atoms with van der Waals surface area (Å²) in [6, 6.07) is 15.0. The number of likely N-dealkylation sites (N-methyl/N-ethyl adjacent to an activating group) is 1. The van der Waals surface area contributed by atoms with Gasteiger partial charge < -0.3 is 30.1 Å². The third-order valence-electron chi connectivity index (χ3n) is 6.49. The lowest BCUT2D eigenvalue weighted by Gasteiger charge is -2.12. The monoisotopic (exact) mass is 634 g/mol. The number of thiophene rings is 1. The summed E-state index contributed by atoms with van der Waals surface area (Å²) in [6.07, 6.45) is 4.17. The average Bonchev–Trinajstić information content (AvgIpc) is 3.65. The molecule has 0 aliphatic rings. The molecule has 0 radical (unpaired) electrons. The Morgan fingerprint density at radius 3 is 2.73 bits per heavy atom. The molecule has 44 heavy (non-hydrogen) atoms. The molecule has 11 nitrogen and oxygen atoms in total. The van der Waals surface area contributed by atoms with Gasteiger partial charge in [-0.3, -0.25) is 14.5 Å². The lowest BCUT2D eigenvalue weighted by Crippen LogP contribution is -2.35. The Hall–Kier alpha value is -5.08. The van der Waals surface area contributed by atoms with E-state index in [9.17, 15) is 9.59 Å². The number of carbonyl (C=O) groups is 2. The minimum Gasteiger partial charge on any atom is -0.496 e. The van der Waals surface area contributed by atoms with E-state index in [1.807, 2.05) is 24.4 Å². The van der Waals surface area contributed by atoms with Crippen LogP contribution in [0.4, 0.5) is 14.9 Å². The Kier molecular flexibility index (Phi) is 9.31. The number of ether oxygens (including phenoxy) is 2. The number of nitrogens with one attached hydrogen (secondary N) is 2. The first-order valence-electron chi connectivity index (χ1n) is 13.3. The minimum atomic E-state index is -1.00. The lowest BCUT2D eigenvalue weighted by molar-refractivity contribution is -0.119. The van der Waals surface area contributed by atoms with Gasteiger partial charge in [-0.15, -0.1) is 11.3 Å². The van der Waals surface area contributed by atoms with Gasteiger partial charge in [0, 0.05) is 59.8 Å². The number of amides is 2. The Morgan fingerprint density at radius 2 is 1.95 bits per heavy atom. The van der Waals surface area contributed by atoms with E-state index in [2.05, 4.69) is 20.7 Å². The number of fused-ring (bicyclic) bond motifs is 1. The standard InChI is InChI=1S/C30H27FN6O5S2/c1-36(30(39)40)11-12-37-17-19(16-33-37)26-15-22-28(44-26)25(9-10-32-22)42-24-8-7-20(14-21(24)31)34-29(43)35-27(38)13-18-5-3-4-6-23(18)41-2/h3-10,14-17H,11-13H2,1-2H3,(H,39,40)(H2,34,35,38,43). The predicted octanol–water partition coefficient (Wildman–Crippen LogP) is 5.77. The maximum Gasteiger partial charge on any atom is 0.407 e. The van der Waals surface area contributed by atoms with Gasteiger partial charge in [-0.2, -0.15) is 5.10 Å². The number of carbonyl (C=O) groups excluding carboxylic acids is 1.